The number of halogens is 3. The first-order valence-corrected chi connectivity index (χ1v) is 5.96. The van der Waals surface area contributed by atoms with Gasteiger partial charge in [-0.25, -0.2) is 4.98 Å². The molecule has 0 saturated carbocycles. The summed E-state index contributed by atoms with van der Waals surface area (Å²) in [4.78, 5) is 4.39. The van der Waals surface area contributed by atoms with Crippen LogP contribution in [0.15, 0.2) is 27.3 Å². The highest BCUT2D eigenvalue weighted by atomic mass is 79.9. The van der Waals surface area contributed by atoms with Crippen LogP contribution >= 0.6 is 43.5 Å². The van der Waals surface area contributed by atoms with Crippen molar-refractivity contribution in [3.05, 3.63) is 37.9 Å². The lowest BCUT2D eigenvalue weighted by Crippen LogP contribution is -1.86. The second-order valence-corrected chi connectivity index (χ2v) is 5.15. The van der Waals surface area contributed by atoms with Gasteiger partial charge in [0.15, 0.2) is 0 Å². The summed E-state index contributed by atoms with van der Waals surface area (Å²) in [5.74, 6) is 0. The SMILES string of the molecule is Cc1cc(Br)nc2c(Br)cc(Cl)cc12. The lowest BCUT2D eigenvalue weighted by atomic mass is 10.1. The van der Waals surface area contributed by atoms with Crippen molar-refractivity contribution in [2.75, 3.05) is 0 Å². The molecule has 2 rings (SSSR count). The van der Waals surface area contributed by atoms with E-state index in [1.807, 2.05) is 25.1 Å². The Bertz CT molecular complexity index is 464. The van der Waals surface area contributed by atoms with Crippen LogP contribution in [0.2, 0.25) is 5.02 Å². The summed E-state index contributed by atoms with van der Waals surface area (Å²) in [6.45, 7) is 2.04. The van der Waals surface area contributed by atoms with Crippen molar-refractivity contribution in [3.8, 4) is 0 Å². The van der Waals surface area contributed by atoms with Gasteiger partial charge in [-0.3, -0.25) is 0 Å². The molecular formula is C10H6Br2ClN. The average molecular weight is 335 g/mol. The summed E-state index contributed by atoms with van der Waals surface area (Å²) < 4.78 is 1.76. The Kier molecular flexibility index (Phi) is 2.82. The molecule has 0 spiro atoms. The van der Waals surface area contributed by atoms with Crippen molar-refractivity contribution in [2.45, 2.75) is 6.92 Å². The van der Waals surface area contributed by atoms with Gasteiger partial charge in [-0.1, -0.05) is 11.6 Å². The molecular weight excluding hydrogens is 329 g/mol. The first-order valence-electron chi connectivity index (χ1n) is 4.00. The minimum absolute atomic E-state index is 0.719. The summed E-state index contributed by atoms with van der Waals surface area (Å²) >= 11 is 12.8. The third-order valence-electron chi connectivity index (χ3n) is 2.01. The lowest BCUT2D eigenvalue weighted by molar-refractivity contribution is 1.31. The Labute approximate surface area is 104 Å². The fourth-order valence-electron chi connectivity index (χ4n) is 1.38. The fraction of sp³-hybridized carbons (Fsp3) is 0.100. The molecule has 0 bridgehead atoms. The molecule has 1 aromatic carbocycles. The van der Waals surface area contributed by atoms with Gasteiger partial charge < -0.3 is 0 Å². The first kappa shape index (κ1) is 10.4. The highest BCUT2D eigenvalue weighted by Crippen LogP contribution is 2.30. The van der Waals surface area contributed by atoms with Crippen LogP contribution in [0, 0.1) is 6.92 Å². The van der Waals surface area contributed by atoms with Crippen molar-refractivity contribution in [3.63, 3.8) is 0 Å². The Hall–Kier alpha value is -0.120. The predicted octanol–water partition coefficient (Wildman–Crippen LogP) is 4.72. The van der Waals surface area contributed by atoms with Crippen LogP contribution in [0.5, 0.6) is 0 Å². The molecule has 14 heavy (non-hydrogen) atoms. The second kappa shape index (κ2) is 3.80. The van der Waals surface area contributed by atoms with Gasteiger partial charge >= 0.3 is 0 Å². The topological polar surface area (TPSA) is 12.9 Å². The van der Waals surface area contributed by atoms with E-state index < -0.39 is 0 Å². The molecule has 0 radical (unpaired) electrons. The van der Waals surface area contributed by atoms with Crippen molar-refractivity contribution >= 4 is 54.4 Å². The standard InChI is InChI=1S/C10H6Br2ClN/c1-5-2-9(12)14-10-7(5)3-6(13)4-8(10)11/h2-4H,1H3. The molecule has 1 heterocycles. The fourth-order valence-corrected chi connectivity index (χ4v) is 2.80. The van der Waals surface area contributed by atoms with Crippen LogP contribution in [0.4, 0.5) is 0 Å². The predicted molar refractivity (Wildman–Crippen MR) is 66.9 cm³/mol. The Morgan fingerprint density at radius 1 is 1.21 bits per heavy atom. The summed E-state index contributed by atoms with van der Waals surface area (Å²) in [7, 11) is 0. The van der Waals surface area contributed by atoms with Gasteiger partial charge in [0.2, 0.25) is 0 Å². The van der Waals surface area contributed by atoms with Gasteiger partial charge in [-0.05, 0) is 62.5 Å². The van der Waals surface area contributed by atoms with Crippen LogP contribution in [0.3, 0.4) is 0 Å². The maximum Gasteiger partial charge on any atom is 0.107 e. The van der Waals surface area contributed by atoms with Crippen molar-refractivity contribution < 1.29 is 0 Å². The third kappa shape index (κ3) is 1.81. The molecule has 0 fully saturated rings. The van der Waals surface area contributed by atoms with Gasteiger partial charge in [0, 0.05) is 14.9 Å². The molecule has 0 N–H and O–H groups in total. The smallest absolute Gasteiger partial charge is 0.107 e. The number of benzene rings is 1. The van der Waals surface area contributed by atoms with E-state index in [1.165, 1.54) is 0 Å². The lowest BCUT2D eigenvalue weighted by Gasteiger charge is -2.05. The summed E-state index contributed by atoms with van der Waals surface area (Å²) in [6, 6.07) is 5.75. The number of hydrogen-bond donors (Lipinski definition) is 0. The zero-order valence-corrected chi connectivity index (χ0v) is 11.2. The van der Waals surface area contributed by atoms with Crippen LogP contribution in [0.25, 0.3) is 10.9 Å². The van der Waals surface area contributed by atoms with Gasteiger partial charge in [0.25, 0.3) is 0 Å². The number of rotatable bonds is 0. The third-order valence-corrected chi connectivity index (χ3v) is 3.24. The number of fused-ring (bicyclic) bond motifs is 1. The number of nitrogens with zero attached hydrogens (tertiary/aromatic N) is 1. The van der Waals surface area contributed by atoms with Crippen molar-refractivity contribution in [1.82, 2.24) is 4.98 Å². The average Bonchev–Trinajstić information content (AvgIpc) is 2.07. The van der Waals surface area contributed by atoms with Gasteiger partial charge in [0.1, 0.15) is 4.60 Å². The molecule has 2 aromatic rings. The van der Waals surface area contributed by atoms with E-state index in [0.29, 0.717) is 0 Å². The highest BCUT2D eigenvalue weighted by molar-refractivity contribution is 9.11. The molecule has 1 aromatic heterocycles. The van der Waals surface area contributed by atoms with E-state index >= 15 is 0 Å². The molecule has 0 unspecified atom stereocenters. The van der Waals surface area contributed by atoms with Gasteiger partial charge in [-0.2, -0.15) is 0 Å². The van der Waals surface area contributed by atoms with E-state index in [9.17, 15) is 0 Å². The highest BCUT2D eigenvalue weighted by Gasteiger charge is 2.06. The number of aromatic nitrogens is 1. The zero-order valence-electron chi connectivity index (χ0n) is 7.31. The minimum Gasteiger partial charge on any atom is -0.240 e. The molecule has 0 aliphatic carbocycles. The van der Waals surface area contributed by atoms with Crippen molar-refractivity contribution in [2.24, 2.45) is 0 Å². The van der Waals surface area contributed by atoms with Crippen LogP contribution in [-0.2, 0) is 0 Å². The summed E-state index contributed by atoms with van der Waals surface area (Å²) in [6.07, 6.45) is 0. The monoisotopic (exact) mass is 333 g/mol. The molecule has 0 atom stereocenters. The Balaban J connectivity index is 2.94. The maximum atomic E-state index is 5.97. The number of pyridine rings is 1. The first-order chi connectivity index (χ1) is 6.58. The molecule has 0 saturated heterocycles. The Morgan fingerprint density at radius 2 is 1.93 bits per heavy atom. The summed E-state index contributed by atoms with van der Waals surface area (Å²) in [5, 5.41) is 1.80. The number of hydrogen-bond acceptors (Lipinski definition) is 1. The second-order valence-electron chi connectivity index (χ2n) is 3.05. The molecule has 1 nitrogen and oxygen atoms in total. The van der Waals surface area contributed by atoms with Gasteiger partial charge in [-0.15, -0.1) is 0 Å². The molecule has 72 valence electrons. The van der Waals surface area contributed by atoms with E-state index in [0.717, 1.165) is 30.6 Å². The Morgan fingerprint density at radius 3 is 2.64 bits per heavy atom. The summed E-state index contributed by atoms with van der Waals surface area (Å²) in [5.41, 5.74) is 2.09. The van der Waals surface area contributed by atoms with E-state index in [-0.39, 0.29) is 0 Å². The molecule has 4 heteroatoms. The van der Waals surface area contributed by atoms with Crippen LogP contribution in [0.1, 0.15) is 5.56 Å². The molecule has 0 amide bonds. The van der Waals surface area contributed by atoms with Crippen LogP contribution < -0.4 is 0 Å². The van der Waals surface area contributed by atoms with Crippen molar-refractivity contribution in [1.29, 1.82) is 0 Å². The van der Waals surface area contributed by atoms with Crippen LogP contribution in [-0.4, -0.2) is 4.98 Å². The van der Waals surface area contributed by atoms with Gasteiger partial charge in [0.05, 0.1) is 5.52 Å². The minimum atomic E-state index is 0.719. The maximum absolute atomic E-state index is 5.97. The normalized spacial score (nSPS) is 10.9. The van der Waals surface area contributed by atoms with E-state index in [4.69, 9.17) is 11.6 Å². The van der Waals surface area contributed by atoms with E-state index in [2.05, 4.69) is 36.8 Å². The molecule has 0 aliphatic rings. The number of aryl methyl sites for hydroxylation is 1. The quantitative estimate of drug-likeness (QED) is 0.635. The van der Waals surface area contributed by atoms with E-state index in [1.54, 1.807) is 0 Å². The largest absolute Gasteiger partial charge is 0.240 e. The molecule has 0 aliphatic heterocycles. The zero-order chi connectivity index (χ0) is 10.3.